The van der Waals surface area contributed by atoms with Gasteiger partial charge in [0.05, 0.1) is 24.8 Å². The van der Waals surface area contributed by atoms with E-state index in [9.17, 15) is 4.79 Å². The second-order valence-corrected chi connectivity index (χ2v) is 8.82. The lowest BCUT2D eigenvalue weighted by atomic mass is 10.1. The maximum absolute atomic E-state index is 12.7. The van der Waals surface area contributed by atoms with Gasteiger partial charge in [-0.2, -0.15) is 0 Å². The second-order valence-electron chi connectivity index (χ2n) is 7.31. The fraction of sp³-hybridized carbons (Fsp3) is 0.478. The van der Waals surface area contributed by atoms with Crippen LogP contribution in [-0.4, -0.2) is 24.3 Å². The van der Waals surface area contributed by atoms with Gasteiger partial charge in [-0.25, -0.2) is 4.79 Å². The molecule has 1 aromatic carbocycles. The number of carbonyl (C=O) groups is 1. The van der Waals surface area contributed by atoms with Gasteiger partial charge in [0, 0.05) is 4.88 Å². The topological polar surface area (TPSA) is 59.6 Å². The molecule has 0 fully saturated rings. The van der Waals surface area contributed by atoms with E-state index in [4.69, 9.17) is 21.7 Å². The van der Waals surface area contributed by atoms with Crippen molar-refractivity contribution in [3.05, 3.63) is 45.8 Å². The standard InChI is InChI=1S/C23H30N2O3S2/c1-4-27-17-13-11-16(12-14-17)15(3)24-23(29)25-21-20(22(26)28-5-2)18-9-7-6-8-10-19(18)30-21/h11-15H,4-10H2,1-3H3,(H2,24,25,29). The van der Waals surface area contributed by atoms with Crippen LogP contribution in [0.4, 0.5) is 5.00 Å². The van der Waals surface area contributed by atoms with Crippen LogP contribution in [0.5, 0.6) is 5.75 Å². The van der Waals surface area contributed by atoms with Crippen LogP contribution in [0.15, 0.2) is 24.3 Å². The lowest BCUT2D eigenvalue weighted by Crippen LogP contribution is -2.31. The number of anilines is 1. The Morgan fingerprint density at radius 1 is 1.13 bits per heavy atom. The lowest BCUT2D eigenvalue weighted by molar-refractivity contribution is 0.0527. The summed E-state index contributed by atoms with van der Waals surface area (Å²) < 4.78 is 10.9. The van der Waals surface area contributed by atoms with E-state index in [1.54, 1.807) is 11.3 Å². The van der Waals surface area contributed by atoms with Crippen LogP contribution in [0, 0.1) is 0 Å². The number of thiophene rings is 1. The predicted octanol–water partition coefficient (Wildman–Crippen LogP) is 5.64. The molecular formula is C23H30N2O3S2. The first kappa shape index (κ1) is 22.6. The quantitative estimate of drug-likeness (QED) is 0.326. The Hall–Kier alpha value is -2.12. The van der Waals surface area contributed by atoms with Crippen LogP contribution in [0.2, 0.25) is 0 Å². The molecule has 0 aliphatic heterocycles. The van der Waals surface area contributed by atoms with Crippen molar-refractivity contribution in [1.29, 1.82) is 0 Å². The molecular weight excluding hydrogens is 416 g/mol. The van der Waals surface area contributed by atoms with Crippen molar-refractivity contribution < 1.29 is 14.3 Å². The summed E-state index contributed by atoms with van der Waals surface area (Å²) in [6.45, 7) is 6.87. The van der Waals surface area contributed by atoms with Gasteiger partial charge in [-0.3, -0.25) is 0 Å². The fourth-order valence-corrected chi connectivity index (χ4v) is 5.31. The van der Waals surface area contributed by atoms with Crippen molar-refractivity contribution in [2.45, 2.75) is 58.9 Å². The molecule has 3 rings (SSSR count). The van der Waals surface area contributed by atoms with E-state index in [1.807, 2.05) is 38.1 Å². The van der Waals surface area contributed by atoms with E-state index in [-0.39, 0.29) is 12.0 Å². The number of hydrogen-bond donors (Lipinski definition) is 2. The molecule has 5 nitrogen and oxygen atoms in total. The lowest BCUT2D eigenvalue weighted by Gasteiger charge is -2.18. The first-order chi connectivity index (χ1) is 14.5. The highest BCUT2D eigenvalue weighted by molar-refractivity contribution is 7.80. The minimum Gasteiger partial charge on any atom is -0.494 e. The zero-order chi connectivity index (χ0) is 21.5. The molecule has 1 aliphatic rings. The predicted molar refractivity (Wildman–Crippen MR) is 127 cm³/mol. The van der Waals surface area contributed by atoms with Gasteiger partial charge in [-0.1, -0.05) is 18.6 Å². The molecule has 1 aromatic heterocycles. The SMILES string of the molecule is CCOC(=O)c1c(NC(=S)NC(C)c2ccc(OCC)cc2)sc2c1CCCCC2. The van der Waals surface area contributed by atoms with Crippen molar-refractivity contribution in [3.8, 4) is 5.75 Å². The maximum Gasteiger partial charge on any atom is 0.341 e. The van der Waals surface area contributed by atoms with Gasteiger partial charge in [0.15, 0.2) is 5.11 Å². The third-order valence-corrected chi connectivity index (χ3v) is 6.59. The van der Waals surface area contributed by atoms with E-state index in [0.29, 0.717) is 23.9 Å². The van der Waals surface area contributed by atoms with Crippen LogP contribution >= 0.6 is 23.6 Å². The van der Waals surface area contributed by atoms with Gasteiger partial charge < -0.3 is 20.1 Å². The van der Waals surface area contributed by atoms with Crippen molar-refractivity contribution in [3.63, 3.8) is 0 Å². The average molecular weight is 447 g/mol. The summed E-state index contributed by atoms with van der Waals surface area (Å²) in [7, 11) is 0. The number of rotatable bonds is 7. The smallest absolute Gasteiger partial charge is 0.341 e. The van der Waals surface area contributed by atoms with E-state index >= 15 is 0 Å². The van der Waals surface area contributed by atoms with E-state index in [1.165, 1.54) is 11.3 Å². The number of aryl methyl sites for hydroxylation is 1. The van der Waals surface area contributed by atoms with Crippen molar-refractivity contribution >= 4 is 39.6 Å². The Morgan fingerprint density at radius 3 is 2.57 bits per heavy atom. The van der Waals surface area contributed by atoms with Crippen LogP contribution < -0.4 is 15.4 Å². The summed E-state index contributed by atoms with van der Waals surface area (Å²) in [6, 6.07) is 8.00. The van der Waals surface area contributed by atoms with Gasteiger partial charge in [-0.05, 0) is 81.9 Å². The van der Waals surface area contributed by atoms with Crippen LogP contribution in [0.3, 0.4) is 0 Å². The summed E-state index contributed by atoms with van der Waals surface area (Å²) in [5.74, 6) is 0.593. The van der Waals surface area contributed by atoms with Crippen LogP contribution in [0.25, 0.3) is 0 Å². The molecule has 1 atom stereocenters. The molecule has 1 heterocycles. The molecule has 2 N–H and O–H groups in total. The molecule has 0 spiro atoms. The fourth-order valence-electron chi connectivity index (χ4n) is 3.69. The highest BCUT2D eigenvalue weighted by Gasteiger charge is 2.26. The summed E-state index contributed by atoms with van der Waals surface area (Å²) >= 11 is 7.20. The van der Waals surface area contributed by atoms with Crippen molar-refractivity contribution in [2.24, 2.45) is 0 Å². The molecule has 7 heteroatoms. The summed E-state index contributed by atoms with van der Waals surface area (Å²) in [6.07, 6.45) is 5.40. The van der Waals surface area contributed by atoms with Crippen LogP contribution in [0.1, 0.15) is 72.4 Å². The highest BCUT2D eigenvalue weighted by Crippen LogP contribution is 2.38. The molecule has 0 saturated heterocycles. The highest BCUT2D eigenvalue weighted by atomic mass is 32.1. The summed E-state index contributed by atoms with van der Waals surface area (Å²) in [4.78, 5) is 14.0. The Kier molecular flexibility index (Phi) is 8.10. The molecule has 0 radical (unpaired) electrons. The van der Waals surface area contributed by atoms with Crippen molar-refractivity contribution in [2.75, 3.05) is 18.5 Å². The van der Waals surface area contributed by atoms with Gasteiger partial charge in [0.1, 0.15) is 10.8 Å². The number of ether oxygens (including phenoxy) is 2. The van der Waals surface area contributed by atoms with Gasteiger partial charge in [0.25, 0.3) is 0 Å². The van der Waals surface area contributed by atoms with Crippen molar-refractivity contribution in [1.82, 2.24) is 5.32 Å². The average Bonchev–Trinajstić information content (AvgIpc) is 2.89. The Morgan fingerprint density at radius 2 is 1.87 bits per heavy atom. The molecule has 1 aliphatic carbocycles. The zero-order valence-corrected chi connectivity index (χ0v) is 19.5. The Balaban J connectivity index is 1.73. The Bertz CT molecular complexity index is 877. The first-order valence-electron chi connectivity index (χ1n) is 10.6. The molecule has 2 aromatic rings. The normalized spacial score (nSPS) is 14.2. The largest absolute Gasteiger partial charge is 0.494 e. The summed E-state index contributed by atoms with van der Waals surface area (Å²) in [5.41, 5.74) is 2.91. The molecule has 1 unspecified atom stereocenters. The molecule has 0 amide bonds. The second kappa shape index (κ2) is 10.8. The number of nitrogens with one attached hydrogen (secondary N) is 2. The third kappa shape index (κ3) is 5.52. The van der Waals surface area contributed by atoms with E-state index in [0.717, 1.165) is 47.6 Å². The number of benzene rings is 1. The number of hydrogen-bond acceptors (Lipinski definition) is 5. The van der Waals surface area contributed by atoms with Gasteiger partial charge >= 0.3 is 5.97 Å². The van der Waals surface area contributed by atoms with E-state index < -0.39 is 0 Å². The molecule has 0 bridgehead atoms. The minimum atomic E-state index is -0.262. The number of carbonyl (C=O) groups excluding carboxylic acids is 1. The number of thiocarbonyl (C=S) groups is 1. The maximum atomic E-state index is 12.7. The van der Waals surface area contributed by atoms with E-state index in [2.05, 4.69) is 17.6 Å². The number of esters is 1. The van der Waals surface area contributed by atoms with Gasteiger partial charge in [-0.15, -0.1) is 11.3 Å². The monoisotopic (exact) mass is 446 g/mol. The van der Waals surface area contributed by atoms with Crippen LogP contribution in [-0.2, 0) is 17.6 Å². The molecule has 162 valence electrons. The Labute approximate surface area is 188 Å². The number of fused-ring (bicyclic) bond motifs is 1. The molecule has 30 heavy (non-hydrogen) atoms. The van der Waals surface area contributed by atoms with Gasteiger partial charge in [0.2, 0.25) is 0 Å². The first-order valence-corrected chi connectivity index (χ1v) is 11.9. The third-order valence-electron chi connectivity index (χ3n) is 5.17. The minimum absolute atomic E-state index is 0.0181. The zero-order valence-electron chi connectivity index (χ0n) is 17.9. The summed E-state index contributed by atoms with van der Waals surface area (Å²) in [5, 5.41) is 7.88. The molecule has 0 saturated carbocycles.